The topological polar surface area (TPSA) is 86.0 Å². The number of hydrazone groups is 1. The van der Waals surface area contributed by atoms with Crippen LogP contribution in [0.5, 0.6) is 11.5 Å². The highest BCUT2D eigenvalue weighted by Gasteiger charge is 2.07. The third-order valence-electron chi connectivity index (χ3n) is 3.21. The van der Waals surface area contributed by atoms with Gasteiger partial charge >= 0.3 is 0 Å². The van der Waals surface area contributed by atoms with Gasteiger partial charge in [0, 0.05) is 17.7 Å². The maximum absolute atomic E-state index is 10.8. The molecule has 2 aromatic rings. The quantitative estimate of drug-likeness (QED) is 0.501. The second kappa shape index (κ2) is 7.26. The molecule has 2 rings (SSSR count). The Bertz CT molecular complexity index is 744. The smallest absolute Gasteiger partial charge is 0.271 e. The molecule has 0 fully saturated rings. The Morgan fingerprint density at radius 1 is 1.13 bits per heavy atom. The zero-order chi connectivity index (χ0) is 16.8. The van der Waals surface area contributed by atoms with Crippen molar-refractivity contribution >= 4 is 17.1 Å². The molecule has 7 heteroatoms. The number of rotatable bonds is 6. The fourth-order valence-electron chi connectivity index (χ4n) is 1.96. The molecule has 0 aliphatic carbocycles. The van der Waals surface area contributed by atoms with Crippen molar-refractivity contribution in [3.8, 4) is 11.5 Å². The number of nitrogens with zero attached hydrogens (tertiary/aromatic N) is 2. The molecule has 23 heavy (non-hydrogen) atoms. The van der Waals surface area contributed by atoms with Gasteiger partial charge in [-0.05, 0) is 31.2 Å². The largest absolute Gasteiger partial charge is 0.493 e. The van der Waals surface area contributed by atoms with Crippen molar-refractivity contribution in [1.82, 2.24) is 0 Å². The van der Waals surface area contributed by atoms with Crippen LogP contribution in [0, 0.1) is 10.1 Å². The zero-order valence-corrected chi connectivity index (χ0v) is 13.1. The molecule has 1 N–H and O–H groups in total. The first-order chi connectivity index (χ1) is 11.0. The van der Waals surface area contributed by atoms with Gasteiger partial charge in [-0.2, -0.15) is 5.10 Å². The fraction of sp³-hybridized carbons (Fsp3) is 0.188. The summed E-state index contributed by atoms with van der Waals surface area (Å²) in [6.45, 7) is 1.83. The highest BCUT2D eigenvalue weighted by molar-refractivity contribution is 5.99. The lowest BCUT2D eigenvalue weighted by atomic mass is 10.1. The molecular formula is C16H17N3O4. The molecule has 0 bridgehead atoms. The molecule has 0 saturated heterocycles. The molecule has 0 radical (unpaired) electrons. The summed E-state index contributed by atoms with van der Waals surface area (Å²) < 4.78 is 10.4. The van der Waals surface area contributed by atoms with E-state index in [2.05, 4.69) is 10.5 Å². The van der Waals surface area contributed by atoms with Gasteiger partial charge < -0.3 is 9.47 Å². The van der Waals surface area contributed by atoms with Crippen LogP contribution in [0.1, 0.15) is 12.5 Å². The Hall–Kier alpha value is -3.09. The molecule has 0 heterocycles. The van der Waals surface area contributed by atoms with E-state index < -0.39 is 4.92 Å². The Morgan fingerprint density at radius 3 is 2.52 bits per heavy atom. The van der Waals surface area contributed by atoms with Crippen LogP contribution >= 0.6 is 0 Å². The van der Waals surface area contributed by atoms with Gasteiger partial charge in [0.05, 0.1) is 30.5 Å². The number of hydrogen-bond acceptors (Lipinski definition) is 6. The number of nitrogens with one attached hydrogen (secondary N) is 1. The predicted molar refractivity (Wildman–Crippen MR) is 88.5 cm³/mol. The molecule has 0 saturated carbocycles. The van der Waals surface area contributed by atoms with Crippen molar-refractivity contribution in [3.63, 3.8) is 0 Å². The van der Waals surface area contributed by atoms with E-state index in [1.54, 1.807) is 32.4 Å². The molecule has 0 atom stereocenters. The second-order valence-corrected chi connectivity index (χ2v) is 4.69. The van der Waals surface area contributed by atoms with Crippen LogP contribution in [0.2, 0.25) is 0 Å². The van der Waals surface area contributed by atoms with Crippen LogP contribution in [0.3, 0.4) is 0 Å². The van der Waals surface area contributed by atoms with E-state index in [-0.39, 0.29) is 5.69 Å². The Labute approximate surface area is 133 Å². The Morgan fingerprint density at radius 2 is 1.87 bits per heavy atom. The minimum absolute atomic E-state index is 0.00831. The third kappa shape index (κ3) is 3.97. The summed E-state index contributed by atoms with van der Waals surface area (Å²) in [5.41, 5.74) is 4.92. The van der Waals surface area contributed by atoms with Crippen molar-refractivity contribution in [2.24, 2.45) is 5.10 Å². The van der Waals surface area contributed by atoms with Gasteiger partial charge in [0.25, 0.3) is 5.69 Å². The lowest BCUT2D eigenvalue weighted by Crippen LogP contribution is -2.01. The number of benzene rings is 2. The summed E-state index contributed by atoms with van der Waals surface area (Å²) in [5.74, 6) is 1.24. The van der Waals surface area contributed by atoms with Crippen LogP contribution < -0.4 is 14.9 Å². The molecule has 0 amide bonds. The van der Waals surface area contributed by atoms with Gasteiger partial charge in [-0.3, -0.25) is 15.5 Å². The summed E-state index contributed by atoms with van der Waals surface area (Å²) in [6.07, 6.45) is 0. The normalized spacial score (nSPS) is 11.0. The average Bonchev–Trinajstić information content (AvgIpc) is 2.59. The molecule has 0 aromatic heterocycles. The first-order valence-corrected chi connectivity index (χ1v) is 6.82. The van der Waals surface area contributed by atoms with E-state index in [1.165, 1.54) is 12.1 Å². The van der Waals surface area contributed by atoms with E-state index in [0.717, 1.165) is 5.56 Å². The van der Waals surface area contributed by atoms with Gasteiger partial charge in [-0.1, -0.05) is 6.07 Å². The molecule has 0 spiro atoms. The number of nitro benzene ring substituents is 1. The molecule has 2 aromatic carbocycles. The van der Waals surface area contributed by atoms with Crippen LogP contribution in [-0.2, 0) is 0 Å². The minimum atomic E-state index is -0.448. The van der Waals surface area contributed by atoms with Crippen LogP contribution in [-0.4, -0.2) is 24.9 Å². The lowest BCUT2D eigenvalue weighted by Gasteiger charge is -2.09. The third-order valence-corrected chi connectivity index (χ3v) is 3.21. The van der Waals surface area contributed by atoms with E-state index >= 15 is 0 Å². The van der Waals surface area contributed by atoms with E-state index in [1.807, 2.05) is 19.1 Å². The fourth-order valence-corrected chi connectivity index (χ4v) is 1.96. The summed E-state index contributed by atoms with van der Waals surface area (Å²) in [6, 6.07) is 11.6. The lowest BCUT2D eigenvalue weighted by molar-refractivity contribution is -0.384. The minimum Gasteiger partial charge on any atom is -0.493 e. The van der Waals surface area contributed by atoms with Crippen molar-refractivity contribution in [2.45, 2.75) is 6.92 Å². The van der Waals surface area contributed by atoms with Crippen molar-refractivity contribution in [2.75, 3.05) is 19.6 Å². The maximum atomic E-state index is 10.8. The van der Waals surface area contributed by atoms with Crippen molar-refractivity contribution in [1.29, 1.82) is 0 Å². The first kappa shape index (κ1) is 16.3. The second-order valence-electron chi connectivity index (χ2n) is 4.69. The van der Waals surface area contributed by atoms with Gasteiger partial charge in [0.1, 0.15) is 0 Å². The average molecular weight is 315 g/mol. The standard InChI is InChI=1S/C16H17N3O4/c1-11(12-7-8-15(22-2)16(9-12)23-3)17-18-13-5-4-6-14(10-13)19(20)21/h4-10,18H,1-3H3. The van der Waals surface area contributed by atoms with Gasteiger partial charge in [-0.25, -0.2) is 0 Å². The summed E-state index contributed by atoms with van der Waals surface area (Å²) in [7, 11) is 3.14. The molecule has 7 nitrogen and oxygen atoms in total. The molecule has 120 valence electrons. The molecular weight excluding hydrogens is 298 g/mol. The highest BCUT2D eigenvalue weighted by atomic mass is 16.6. The summed E-state index contributed by atoms with van der Waals surface area (Å²) in [4.78, 5) is 10.3. The van der Waals surface area contributed by atoms with E-state index in [9.17, 15) is 10.1 Å². The van der Waals surface area contributed by atoms with Gasteiger partial charge in [0.15, 0.2) is 11.5 Å². The monoisotopic (exact) mass is 315 g/mol. The first-order valence-electron chi connectivity index (χ1n) is 6.82. The van der Waals surface area contributed by atoms with Crippen molar-refractivity contribution in [3.05, 3.63) is 58.1 Å². The van der Waals surface area contributed by atoms with E-state index in [0.29, 0.717) is 22.9 Å². The van der Waals surface area contributed by atoms with Crippen LogP contribution in [0.25, 0.3) is 0 Å². The van der Waals surface area contributed by atoms with E-state index in [4.69, 9.17) is 9.47 Å². The number of methoxy groups -OCH3 is 2. The molecule has 0 aliphatic heterocycles. The highest BCUT2D eigenvalue weighted by Crippen LogP contribution is 2.27. The van der Waals surface area contributed by atoms with Crippen LogP contribution in [0.15, 0.2) is 47.6 Å². The van der Waals surface area contributed by atoms with Gasteiger partial charge in [0.2, 0.25) is 0 Å². The molecule has 0 aliphatic rings. The number of nitro groups is 1. The summed E-state index contributed by atoms with van der Waals surface area (Å²) >= 11 is 0. The SMILES string of the molecule is COc1ccc(C(C)=NNc2cccc([N+](=O)[O-])c2)cc1OC. The molecule has 0 unspecified atom stereocenters. The van der Waals surface area contributed by atoms with Gasteiger partial charge in [-0.15, -0.1) is 0 Å². The number of hydrogen-bond donors (Lipinski definition) is 1. The summed E-state index contributed by atoms with van der Waals surface area (Å²) in [5, 5.41) is 15.0. The predicted octanol–water partition coefficient (Wildman–Crippen LogP) is 3.45. The Kier molecular flexibility index (Phi) is 5.14. The zero-order valence-electron chi connectivity index (χ0n) is 13.1. The number of ether oxygens (including phenoxy) is 2. The Balaban J connectivity index is 2.20. The number of anilines is 1. The number of non-ortho nitro benzene ring substituents is 1. The maximum Gasteiger partial charge on any atom is 0.271 e. The van der Waals surface area contributed by atoms with Crippen LogP contribution in [0.4, 0.5) is 11.4 Å². The van der Waals surface area contributed by atoms with Crippen molar-refractivity contribution < 1.29 is 14.4 Å².